The third kappa shape index (κ3) is 2.41. The van der Waals surface area contributed by atoms with Crippen LogP contribution in [0.15, 0.2) is 40.8 Å². The molecule has 0 amide bonds. The third-order valence-electron chi connectivity index (χ3n) is 4.96. The minimum absolute atomic E-state index is 0.719. The molecule has 1 aromatic heterocycles. The van der Waals surface area contributed by atoms with E-state index in [1.165, 1.54) is 30.6 Å². The molecule has 3 nitrogen and oxygen atoms in total. The highest BCUT2D eigenvalue weighted by Gasteiger charge is 2.37. The molecule has 21 heavy (non-hydrogen) atoms. The number of fused-ring (bicyclic) bond motifs is 1. The monoisotopic (exact) mass is 282 g/mol. The number of likely N-dealkylation sites (tertiary alicyclic amines) is 1. The molecule has 2 fully saturated rings. The Morgan fingerprint density at radius 1 is 1.19 bits per heavy atom. The van der Waals surface area contributed by atoms with Crippen molar-refractivity contribution >= 4 is 0 Å². The van der Waals surface area contributed by atoms with Gasteiger partial charge in [-0.15, -0.1) is 0 Å². The van der Waals surface area contributed by atoms with Crippen LogP contribution >= 0.6 is 0 Å². The summed E-state index contributed by atoms with van der Waals surface area (Å²) in [6.07, 6.45) is 1.33. The van der Waals surface area contributed by atoms with Crippen LogP contribution < -0.4 is 5.32 Å². The van der Waals surface area contributed by atoms with Crippen LogP contribution in [0.4, 0.5) is 0 Å². The van der Waals surface area contributed by atoms with Crippen LogP contribution in [-0.4, -0.2) is 30.6 Å². The van der Waals surface area contributed by atoms with Gasteiger partial charge in [0.25, 0.3) is 0 Å². The molecule has 2 aliphatic heterocycles. The van der Waals surface area contributed by atoms with E-state index in [4.69, 9.17) is 4.42 Å². The van der Waals surface area contributed by atoms with Gasteiger partial charge in [0.15, 0.2) is 0 Å². The van der Waals surface area contributed by atoms with Crippen LogP contribution in [0.3, 0.4) is 0 Å². The molecular weight excluding hydrogens is 260 g/mol. The number of aryl methyl sites for hydroxylation is 1. The quantitative estimate of drug-likeness (QED) is 0.938. The number of nitrogens with zero attached hydrogens (tertiary/aromatic N) is 1. The van der Waals surface area contributed by atoms with E-state index in [1.807, 2.05) is 13.0 Å². The van der Waals surface area contributed by atoms with Gasteiger partial charge < -0.3 is 9.73 Å². The molecule has 0 saturated carbocycles. The highest BCUT2D eigenvalue weighted by Crippen LogP contribution is 2.31. The maximum atomic E-state index is 5.83. The lowest BCUT2D eigenvalue weighted by molar-refractivity contribution is 0.244. The maximum absolute atomic E-state index is 5.83. The summed E-state index contributed by atoms with van der Waals surface area (Å²) in [6.45, 7) is 6.59. The summed E-state index contributed by atoms with van der Waals surface area (Å²) in [5.41, 5.74) is 2.61. The highest BCUT2D eigenvalue weighted by atomic mass is 16.3. The van der Waals surface area contributed by atoms with Crippen LogP contribution in [0.1, 0.15) is 17.7 Å². The second kappa shape index (κ2) is 5.32. The fraction of sp³-hybridized carbons (Fsp3) is 0.444. The highest BCUT2D eigenvalue weighted by molar-refractivity contribution is 5.62. The number of hydrogen-bond acceptors (Lipinski definition) is 3. The van der Waals surface area contributed by atoms with Crippen LogP contribution in [-0.2, 0) is 6.54 Å². The second-order valence-electron chi connectivity index (χ2n) is 6.31. The first-order valence-electron chi connectivity index (χ1n) is 7.91. The lowest BCUT2D eigenvalue weighted by atomic mass is 10.0. The van der Waals surface area contributed by atoms with Gasteiger partial charge in [-0.2, -0.15) is 0 Å². The van der Waals surface area contributed by atoms with Crippen LogP contribution in [0.5, 0.6) is 0 Å². The fourth-order valence-electron chi connectivity index (χ4n) is 3.83. The molecule has 0 radical (unpaired) electrons. The minimum atomic E-state index is 0.719. The van der Waals surface area contributed by atoms with Crippen LogP contribution in [0, 0.1) is 12.8 Å². The zero-order valence-electron chi connectivity index (χ0n) is 12.5. The molecule has 2 atom stereocenters. The van der Waals surface area contributed by atoms with Crippen molar-refractivity contribution in [3.8, 4) is 11.3 Å². The van der Waals surface area contributed by atoms with Gasteiger partial charge in [0, 0.05) is 24.7 Å². The summed E-state index contributed by atoms with van der Waals surface area (Å²) in [6, 6.07) is 13.5. The Morgan fingerprint density at radius 2 is 2.10 bits per heavy atom. The van der Waals surface area contributed by atoms with E-state index in [9.17, 15) is 0 Å². The zero-order valence-corrected chi connectivity index (χ0v) is 12.5. The van der Waals surface area contributed by atoms with Gasteiger partial charge in [0.1, 0.15) is 11.5 Å². The van der Waals surface area contributed by atoms with Gasteiger partial charge in [-0.25, -0.2) is 0 Å². The number of benzene rings is 1. The molecule has 2 saturated heterocycles. The van der Waals surface area contributed by atoms with Gasteiger partial charge in [-0.3, -0.25) is 4.90 Å². The number of hydrogen-bond donors (Lipinski definition) is 1. The second-order valence-corrected chi connectivity index (χ2v) is 6.31. The van der Waals surface area contributed by atoms with E-state index < -0.39 is 0 Å². The first-order valence-corrected chi connectivity index (χ1v) is 7.91. The van der Waals surface area contributed by atoms with E-state index in [2.05, 4.69) is 40.5 Å². The van der Waals surface area contributed by atoms with Crippen LogP contribution in [0.2, 0.25) is 0 Å². The van der Waals surface area contributed by atoms with Crippen LogP contribution in [0.25, 0.3) is 11.3 Å². The lowest BCUT2D eigenvalue weighted by Gasteiger charge is -2.24. The molecule has 1 aromatic carbocycles. The van der Waals surface area contributed by atoms with Gasteiger partial charge in [-0.05, 0) is 50.0 Å². The van der Waals surface area contributed by atoms with E-state index in [1.54, 1.807) is 0 Å². The van der Waals surface area contributed by atoms with Gasteiger partial charge >= 0.3 is 0 Å². The van der Waals surface area contributed by atoms with E-state index in [-0.39, 0.29) is 0 Å². The van der Waals surface area contributed by atoms with Crippen molar-refractivity contribution in [3.63, 3.8) is 0 Å². The molecule has 0 bridgehead atoms. The standard InChI is InChI=1S/C18H22N2O/c1-13-6-7-18(21-13)16-5-3-2-4-15(16)12-20-9-8-14-10-19-11-17(14)20/h2-7,14,17,19H,8-12H2,1H3/t14-,17+/m0/s1. The van der Waals surface area contributed by atoms with Gasteiger partial charge in [-0.1, -0.05) is 24.3 Å². The Hall–Kier alpha value is -1.58. The summed E-state index contributed by atoms with van der Waals surface area (Å²) >= 11 is 0. The third-order valence-corrected chi connectivity index (χ3v) is 4.96. The molecule has 2 aromatic rings. The first-order chi connectivity index (χ1) is 10.3. The summed E-state index contributed by atoms with van der Waals surface area (Å²) in [7, 11) is 0. The Balaban J connectivity index is 1.61. The molecule has 1 N–H and O–H groups in total. The average Bonchev–Trinajstić information content (AvgIpc) is 3.18. The van der Waals surface area contributed by atoms with Crippen molar-refractivity contribution in [1.82, 2.24) is 10.2 Å². The topological polar surface area (TPSA) is 28.4 Å². The van der Waals surface area contributed by atoms with Crippen molar-refractivity contribution in [2.45, 2.75) is 25.9 Å². The van der Waals surface area contributed by atoms with Crippen molar-refractivity contribution < 1.29 is 4.42 Å². The van der Waals surface area contributed by atoms with Crippen molar-refractivity contribution in [3.05, 3.63) is 47.7 Å². The number of rotatable bonds is 3. The zero-order chi connectivity index (χ0) is 14.2. The summed E-state index contributed by atoms with van der Waals surface area (Å²) in [5, 5.41) is 3.53. The Labute approximate surface area is 126 Å². The molecule has 3 heterocycles. The lowest BCUT2D eigenvalue weighted by Crippen LogP contribution is -2.33. The number of nitrogens with one attached hydrogen (secondary N) is 1. The molecule has 0 unspecified atom stereocenters. The molecule has 0 aliphatic carbocycles. The molecule has 3 heteroatoms. The molecule has 4 rings (SSSR count). The van der Waals surface area contributed by atoms with E-state index in [0.717, 1.165) is 36.6 Å². The Kier molecular flexibility index (Phi) is 3.32. The smallest absolute Gasteiger partial charge is 0.134 e. The molecule has 2 aliphatic rings. The fourth-order valence-corrected chi connectivity index (χ4v) is 3.83. The van der Waals surface area contributed by atoms with Crippen molar-refractivity contribution in [2.75, 3.05) is 19.6 Å². The SMILES string of the molecule is Cc1ccc(-c2ccccc2CN2CC[C@H]3CNC[C@H]32)o1. The summed E-state index contributed by atoms with van der Waals surface area (Å²) < 4.78 is 5.83. The molecule has 110 valence electrons. The summed E-state index contributed by atoms with van der Waals surface area (Å²) in [4.78, 5) is 2.64. The normalized spacial score (nSPS) is 25.4. The Bertz CT molecular complexity index is 634. The predicted molar refractivity (Wildman–Crippen MR) is 84.1 cm³/mol. The minimum Gasteiger partial charge on any atom is -0.461 e. The van der Waals surface area contributed by atoms with E-state index >= 15 is 0 Å². The maximum Gasteiger partial charge on any atom is 0.134 e. The largest absolute Gasteiger partial charge is 0.461 e. The van der Waals surface area contributed by atoms with E-state index in [0.29, 0.717) is 0 Å². The first kappa shape index (κ1) is 13.1. The van der Waals surface area contributed by atoms with Gasteiger partial charge in [0.2, 0.25) is 0 Å². The predicted octanol–water partition coefficient (Wildman–Crippen LogP) is 3.05. The van der Waals surface area contributed by atoms with Gasteiger partial charge in [0.05, 0.1) is 0 Å². The van der Waals surface area contributed by atoms with Crippen molar-refractivity contribution in [2.24, 2.45) is 5.92 Å². The molecular formula is C18H22N2O. The average molecular weight is 282 g/mol. The summed E-state index contributed by atoms with van der Waals surface area (Å²) in [5.74, 6) is 2.81. The Morgan fingerprint density at radius 3 is 2.95 bits per heavy atom. The number of furan rings is 1. The molecule has 0 spiro atoms. The van der Waals surface area contributed by atoms with Crippen molar-refractivity contribution in [1.29, 1.82) is 0 Å².